The molecule has 1 aliphatic rings. The Kier molecular flexibility index (Phi) is 3.64. The Morgan fingerprint density at radius 3 is 2.56 bits per heavy atom. The summed E-state index contributed by atoms with van der Waals surface area (Å²) in [4.78, 5) is 0.314. The highest BCUT2D eigenvalue weighted by Gasteiger charge is 2.45. The van der Waals surface area contributed by atoms with Crippen LogP contribution in [0.5, 0.6) is 5.75 Å². The normalized spacial score (nSPS) is 18.8. The van der Waals surface area contributed by atoms with Gasteiger partial charge in [0.1, 0.15) is 5.75 Å². The number of methoxy groups -OCH3 is 1. The summed E-state index contributed by atoms with van der Waals surface area (Å²) in [6, 6.07) is 6.63. The molecule has 0 heterocycles. The Balaban J connectivity index is 2.46. The van der Waals surface area contributed by atoms with Crippen LogP contribution in [0.25, 0.3) is 0 Å². The average Bonchev–Trinajstić information content (AvgIpc) is 2.89. The number of rotatable bonds is 4. The predicted molar refractivity (Wildman–Crippen MR) is 70.4 cm³/mol. The van der Waals surface area contributed by atoms with Crippen LogP contribution < -0.4 is 10.5 Å². The second-order valence-corrected chi connectivity index (χ2v) is 7.12. The fourth-order valence-electron chi connectivity index (χ4n) is 2.62. The molecule has 0 amide bonds. The van der Waals surface area contributed by atoms with Gasteiger partial charge < -0.3 is 10.5 Å². The van der Waals surface area contributed by atoms with E-state index in [4.69, 9.17) is 10.5 Å². The summed E-state index contributed by atoms with van der Waals surface area (Å²) >= 11 is 0. The molecule has 4 nitrogen and oxygen atoms in total. The van der Waals surface area contributed by atoms with Crippen LogP contribution in [-0.4, -0.2) is 26.8 Å². The van der Waals surface area contributed by atoms with E-state index in [9.17, 15) is 8.42 Å². The first-order valence-electron chi connectivity index (χ1n) is 6.14. The zero-order chi connectivity index (χ0) is 13.2. The standard InChI is InChI=1S/C13H19NO3S/c1-17-11-5-4-6-12(9-11)18(15,16)13(10-14)7-2-3-8-13/h4-6,9H,2-3,7-8,10,14H2,1H3. The van der Waals surface area contributed by atoms with E-state index in [-0.39, 0.29) is 6.54 Å². The third kappa shape index (κ3) is 2.01. The molecule has 0 saturated heterocycles. The third-order valence-corrected chi connectivity index (χ3v) is 6.40. The Bertz CT molecular complexity index is 519. The molecule has 0 unspecified atom stereocenters. The molecule has 0 aromatic heterocycles. The number of ether oxygens (including phenoxy) is 1. The van der Waals surface area contributed by atoms with Gasteiger partial charge in [0.2, 0.25) is 0 Å². The molecule has 0 atom stereocenters. The van der Waals surface area contributed by atoms with E-state index in [1.807, 2.05) is 0 Å². The summed E-state index contributed by atoms with van der Waals surface area (Å²) in [7, 11) is -1.86. The minimum Gasteiger partial charge on any atom is -0.497 e. The quantitative estimate of drug-likeness (QED) is 0.904. The zero-order valence-corrected chi connectivity index (χ0v) is 11.4. The Labute approximate surface area is 108 Å². The summed E-state index contributed by atoms with van der Waals surface area (Å²) in [5, 5.41) is 0. The molecular formula is C13H19NO3S. The zero-order valence-electron chi connectivity index (χ0n) is 10.6. The van der Waals surface area contributed by atoms with Crippen LogP contribution in [0.3, 0.4) is 0 Å². The van der Waals surface area contributed by atoms with Gasteiger partial charge in [-0.2, -0.15) is 0 Å². The lowest BCUT2D eigenvalue weighted by Crippen LogP contribution is -2.43. The molecular weight excluding hydrogens is 250 g/mol. The highest BCUT2D eigenvalue weighted by molar-refractivity contribution is 7.92. The van der Waals surface area contributed by atoms with Crippen LogP contribution in [0.4, 0.5) is 0 Å². The van der Waals surface area contributed by atoms with Gasteiger partial charge in [-0.25, -0.2) is 8.42 Å². The van der Waals surface area contributed by atoms with Crippen molar-refractivity contribution in [2.75, 3.05) is 13.7 Å². The molecule has 5 heteroatoms. The average molecular weight is 269 g/mol. The van der Waals surface area contributed by atoms with Crippen LogP contribution in [0, 0.1) is 0 Å². The molecule has 1 aromatic rings. The van der Waals surface area contributed by atoms with E-state index in [1.165, 1.54) is 7.11 Å². The molecule has 1 fully saturated rings. The van der Waals surface area contributed by atoms with Crippen LogP contribution in [0.2, 0.25) is 0 Å². The van der Waals surface area contributed by atoms with Crippen molar-refractivity contribution >= 4 is 9.84 Å². The van der Waals surface area contributed by atoms with Crippen molar-refractivity contribution in [3.05, 3.63) is 24.3 Å². The van der Waals surface area contributed by atoms with Crippen molar-refractivity contribution in [2.24, 2.45) is 5.73 Å². The molecule has 1 saturated carbocycles. The van der Waals surface area contributed by atoms with Crippen molar-refractivity contribution in [3.63, 3.8) is 0 Å². The van der Waals surface area contributed by atoms with E-state index in [1.54, 1.807) is 24.3 Å². The Hall–Kier alpha value is -1.07. The van der Waals surface area contributed by atoms with E-state index in [0.29, 0.717) is 23.5 Å². The van der Waals surface area contributed by atoms with Gasteiger partial charge in [0.15, 0.2) is 9.84 Å². The molecule has 2 N–H and O–H groups in total. The van der Waals surface area contributed by atoms with E-state index >= 15 is 0 Å². The van der Waals surface area contributed by atoms with Gasteiger partial charge in [-0.1, -0.05) is 18.9 Å². The summed E-state index contributed by atoms with van der Waals surface area (Å²) in [5.41, 5.74) is 5.75. The molecule has 18 heavy (non-hydrogen) atoms. The van der Waals surface area contributed by atoms with Crippen molar-refractivity contribution in [1.29, 1.82) is 0 Å². The molecule has 1 aromatic carbocycles. The van der Waals surface area contributed by atoms with Gasteiger partial charge in [-0.3, -0.25) is 0 Å². The van der Waals surface area contributed by atoms with Crippen LogP contribution in [-0.2, 0) is 9.84 Å². The molecule has 0 spiro atoms. The minimum atomic E-state index is -3.39. The number of hydrogen-bond donors (Lipinski definition) is 1. The van der Waals surface area contributed by atoms with Gasteiger partial charge in [-0.15, -0.1) is 0 Å². The van der Waals surface area contributed by atoms with Crippen LogP contribution in [0.1, 0.15) is 25.7 Å². The molecule has 0 aliphatic heterocycles. The van der Waals surface area contributed by atoms with Crippen molar-refractivity contribution in [2.45, 2.75) is 35.3 Å². The van der Waals surface area contributed by atoms with E-state index < -0.39 is 14.6 Å². The molecule has 2 rings (SSSR count). The van der Waals surface area contributed by atoms with E-state index in [2.05, 4.69) is 0 Å². The summed E-state index contributed by atoms with van der Waals surface area (Å²) in [6.07, 6.45) is 3.17. The lowest BCUT2D eigenvalue weighted by atomic mass is 10.1. The van der Waals surface area contributed by atoms with Gasteiger partial charge in [0.25, 0.3) is 0 Å². The summed E-state index contributed by atoms with van der Waals surface area (Å²) < 4.78 is 29.7. The predicted octanol–water partition coefficient (Wildman–Crippen LogP) is 1.74. The molecule has 1 aliphatic carbocycles. The number of hydrogen-bond acceptors (Lipinski definition) is 4. The maximum Gasteiger partial charge on any atom is 0.185 e. The SMILES string of the molecule is COc1cccc(S(=O)(=O)C2(CN)CCCC2)c1. The molecule has 0 radical (unpaired) electrons. The Morgan fingerprint density at radius 1 is 1.33 bits per heavy atom. The van der Waals surface area contributed by atoms with Gasteiger partial charge in [0, 0.05) is 6.54 Å². The van der Waals surface area contributed by atoms with Gasteiger partial charge in [-0.05, 0) is 31.0 Å². The first kappa shape index (κ1) is 13.4. The number of sulfone groups is 1. The third-order valence-electron chi connectivity index (χ3n) is 3.81. The second-order valence-electron chi connectivity index (χ2n) is 4.78. The van der Waals surface area contributed by atoms with Gasteiger partial charge in [0.05, 0.1) is 16.8 Å². The topological polar surface area (TPSA) is 69.4 Å². The van der Waals surface area contributed by atoms with Crippen molar-refractivity contribution < 1.29 is 13.2 Å². The number of nitrogens with two attached hydrogens (primary N) is 1. The van der Waals surface area contributed by atoms with E-state index in [0.717, 1.165) is 12.8 Å². The van der Waals surface area contributed by atoms with Crippen LogP contribution >= 0.6 is 0 Å². The fourth-order valence-corrected chi connectivity index (χ4v) is 4.69. The summed E-state index contributed by atoms with van der Waals surface area (Å²) in [6.45, 7) is 0.187. The molecule has 100 valence electrons. The first-order chi connectivity index (χ1) is 8.55. The second kappa shape index (κ2) is 4.90. The maximum atomic E-state index is 12.7. The van der Waals surface area contributed by atoms with Crippen molar-refractivity contribution in [3.8, 4) is 5.75 Å². The van der Waals surface area contributed by atoms with Crippen LogP contribution in [0.15, 0.2) is 29.2 Å². The Morgan fingerprint density at radius 2 is 2.00 bits per heavy atom. The largest absolute Gasteiger partial charge is 0.497 e. The minimum absolute atomic E-state index is 0.187. The highest BCUT2D eigenvalue weighted by Crippen LogP contribution is 2.40. The lowest BCUT2D eigenvalue weighted by Gasteiger charge is -2.27. The fraction of sp³-hybridized carbons (Fsp3) is 0.538. The smallest absolute Gasteiger partial charge is 0.185 e. The monoisotopic (exact) mass is 269 g/mol. The highest BCUT2D eigenvalue weighted by atomic mass is 32.2. The molecule has 0 bridgehead atoms. The first-order valence-corrected chi connectivity index (χ1v) is 7.63. The number of benzene rings is 1. The maximum absolute atomic E-state index is 12.7. The van der Waals surface area contributed by atoms with Crippen molar-refractivity contribution in [1.82, 2.24) is 0 Å². The van der Waals surface area contributed by atoms with Gasteiger partial charge >= 0.3 is 0 Å². The summed E-state index contributed by atoms with van der Waals surface area (Å²) in [5.74, 6) is 0.557. The lowest BCUT2D eigenvalue weighted by molar-refractivity contribution is 0.413.